The molecule has 446 valence electrons. The Morgan fingerprint density at radius 3 is 1.14 bits per heavy atom. The van der Waals surface area contributed by atoms with Gasteiger partial charge in [-0.1, -0.05) is 183 Å². The van der Waals surface area contributed by atoms with Crippen LogP contribution in [0.15, 0.2) is 118 Å². The van der Waals surface area contributed by atoms with Crippen LogP contribution < -0.4 is 17.0 Å². The zero-order chi connectivity index (χ0) is 61.3. The third-order valence-corrected chi connectivity index (χ3v) is 4.61. The number of H-pyrrole nitrogens is 7. The highest BCUT2D eigenvalue weighted by atomic mass is 32.1. The maximum absolute atomic E-state index is 9.92. The summed E-state index contributed by atoms with van der Waals surface area (Å²) in [7, 11) is 0. The molecule has 0 aliphatic heterocycles. The van der Waals surface area contributed by atoms with E-state index >= 15 is 0 Å². The molecular weight excluding hydrogens is 1060 g/mol. The lowest BCUT2D eigenvalue weighted by Gasteiger charge is -1.79. The van der Waals surface area contributed by atoms with Crippen molar-refractivity contribution in [1.82, 2.24) is 76.0 Å². The van der Waals surface area contributed by atoms with Gasteiger partial charge in [0.2, 0.25) is 6.39 Å². The van der Waals surface area contributed by atoms with E-state index < -0.39 is 5.76 Å². The number of oxazole rings is 1. The summed E-state index contributed by atoms with van der Waals surface area (Å²) in [5, 5.41) is 30.6. The van der Waals surface area contributed by atoms with E-state index in [1.165, 1.54) is 68.0 Å². The largest absolute Gasteiger partial charge is 0.452 e. The van der Waals surface area contributed by atoms with Gasteiger partial charge >= 0.3 is 11.4 Å². The Balaban J connectivity index is -0.000000110. The number of aromatic amines is 7. The van der Waals surface area contributed by atoms with Gasteiger partial charge in [-0.3, -0.25) is 34.5 Å². The van der Waals surface area contributed by atoms with Crippen LogP contribution in [0.3, 0.4) is 0 Å². The zero-order valence-corrected chi connectivity index (χ0v) is 54.0. The van der Waals surface area contributed by atoms with Gasteiger partial charge in [0.05, 0.1) is 11.7 Å². The van der Waals surface area contributed by atoms with Gasteiger partial charge in [-0.25, -0.2) is 29.8 Å². The molecule has 0 aromatic carbocycles. The standard InChI is InChI=1S/8C4H10.C3H3NO2.C3H3NO.C3H3NS.C2H3N3O.C2H3N3.C2H2N2O2.C2H2N2OS.C2H2N2S2/c8*1-4(2)3;5-3-1-2-6-4-3;2*1-2-5-3-4-1;6-2-3-1-4-5-2;1-3-2-5-4-1;5-2-3-1-4-6-2;6-2-4-3-1-5-2;5-2-4-3-1-6-2/h8*4H,1-3H3;1-2H,(H,4,5);2*1-3H;1H,(H2,3,4,5,6);1-2H,(H,3,4,5);1H,(H,3,4,5);1H,(H,4,6);1H,(H,4,5). The van der Waals surface area contributed by atoms with Gasteiger partial charge in [0, 0.05) is 17.6 Å². The van der Waals surface area contributed by atoms with Crippen LogP contribution in [0.2, 0.25) is 0 Å². The smallest absolute Gasteiger partial charge is 0.438 e. The van der Waals surface area contributed by atoms with Gasteiger partial charge in [-0.15, -0.1) is 16.4 Å². The maximum Gasteiger partial charge on any atom is 0.438 e. The minimum Gasteiger partial charge on any atom is -0.452 e. The van der Waals surface area contributed by atoms with E-state index in [0.29, 0.717) is 4.84 Å². The van der Waals surface area contributed by atoms with Crippen molar-refractivity contribution in [1.29, 1.82) is 0 Å². The van der Waals surface area contributed by atoms with Crippen LogP contribution in [0.5, 0.6) is 0 Å². The Morgan fingerprint density at radius 1 is 0.519 bits per heavy atom. The number of hydrogen-bond acceptors (Lipinski definition) is 19. The summed E-state index contributed by atoms with van der Waals surface area (Å²) < 4.78 is 17.9. The Kier molecular flexibility index (Phi) is 82.1. The minimum atomic E-state index is -0.519. The first-order chi connectivity index (χ1) is 35.8. The molecule has 22 nitrogen and oxygen atoms in total. The van der Waals surface area contributed by atoms with Crippen LogP contribution in [0.4, 0.5) is 0 Å². The Labute approximate surface area is 477 Å². The van der Waals surface area contributed by atoms with Crippen molar-refractivity contribution >= 4 is 47.1 Å². The zero-order valence-electron chi connectivity index (χ0n) is 50.8. The van der Waals surface area contributed by atoms with E-state index in [2.05, 4.69) is 285 Å². The maximum atomic E-state index is 9.92. The SMILES string of the molecule is CC(C)C.CC(C)C.CC(C)C.CC(C)C.CC(C)C.CC(C)C.CC(C)C.CC(C)C.O=c1[nH]cn[nH]1.O=c1[nH]cno1.O=c1cco[nH]1.S=c1[nH]nco1.S=c1[nH]ncs1.c1cocn1.c1cscn1.c1nc[nH]n1. The highest BCUT2D eigenvalue weighted by Crippen LogP contribution is 1.89. The summed E-state index contributed by atoms with van der Waals surface area (Å²) in [6, 6.07) is 1.31. The molecule has 0 saturated heterocycles. The molecule has 0 aliphatic rings. The summed E-state index contributed by atoms with van der Waals surface area (Å²) in [5.41, 5.74) is 2.99. The third kappa shape index (κ3) is 167. The van der Waals surface area contributed by atoms with Crippen molar-refractivity contribution in [3.8, 4) is 0 Å². The summed E-state index contributed by atoms with van der Waals surface area (Å²) in [5.74, 6) is 6.15. The molecule has 0 radical (unpaired) electrons. The fourth-order valence-electron chi connectivity index (χ4n) is 1.49. The predicted molar refractivity (Wildman–Crippen MR) is 324 cm³/mol. The Bertz CT molecular complexity index is 1810. The lowest BCUT2D eigenvalue weighted by molar-refractivity contribution is 0.386. The van der Waals surface area contributed by atoms with Gasteiger partial charge in [-0.2, -0.15) is 20.5 Å². The summed E-state index contributed by atoms with van der Waals surface area (Å²) in [6.07, 6.45) is 14.2. The molecule has 0 atom stereocenters. The van der Waals surface area contributed by atoms with Gasteiger partial charge in [-0.05, 0) is 71.8 Å². The molecule has 0 spiro atoms. The van der Waals surface area contributed by atoms with Gasteiger partial charge < -0.3 is 13.4 Å². The van der Waals surface area contributed by atoms with Gasteiger partial charge in [0.15, 0.2) is 10.3 Å². The Morgan fingerprint density at radius 2 is 1.04 bits per heavy atom. The van der Waals surface area contributed by atoms with Crippen molar-refractivity contribution in [2.75, 3.05) is 0 Å². The second kappa shape index (κ2) is 72.1. The predicted octanol–water partition coefficient (Wildman–Crippen LogP) is 15.3. The van der Waals surface area contributed by atoms with Crippen LogP contribution >= 0.6 is 47.1 Å². The normalized spacial score (nSPS) is 8.68. The molecule has 0 unspecified atom stereocenters. The second-order valence-corrected chi connectivity index (χ2v) is 22.5. The number of nitrogens with zero attached hydrogens (tertiary/aromatic N) is 8. The van der Waals surface area contributed by atoms with Crippen LogP contribution in [0.1, 0.15) is 166 Å². The molecule has 0 saturated carbocycles. The molecule has 8 aromatic heterocycles. The van der Waals surface area contributed by atoms with Crippen LogP contribution in [-0.2, 0) is 0 Å². The molecule has 0 aliphatic carbocycles. The summed E-state index contributed by atoms with van der Waals surface area (Å²) in [6.45, 7) is 52.0. The van der Waals surface area contributed by atoms with E-state index in [1.807, 2.05) is 5.38 Å². The first kappa shape index (κ1) is 87.7. The molecule has 26 heteroatoms. The van der Waals surface area contributed by atoms with E-state index in [4.69, 9.17) is 0 Å². The first-order valence-corrected chi connectivity index (χ1v) is 27.6. The van der Waals surface area contributed by atoms with Crippen molar-refractivity contribution in [3.05, 3.63) is 126 Å². The fourth-order valence-corrected chi connectivity index (χ4v) is 2.43. The second-order valence-electron chi connectivity index (χ2n) is 19.9. The number of thiazole rings is 1. The fraction of sp³-hybridized carbons (Fsp3) is 0.627. The summed E-state index contributed by atoms with van der Waals surface area (Å²) >= 11 is 12.1. The van der Waals surface area contributed by atoms with Gasteiger partial charge in [0.1, 0.15) is 43.3 Å². The average molecular weight is 1160 g/mol. The average Bonchev–Trinajstić information content (AvgIpc) is 4.13. The molecular formula is C51H101N15O7S4. The molecule has 0 fully saturated rings. The van der Waals surface area contributed by atoms with E-state index in [1.54, 1.807) is 34.8 Å². The van der Waals surface area contributed by atoms with Crippen LogP contribution in [0.25, 0.3) is 0 Å². The van der Waals surface area contributed by atoms with Crippen molar-refractivity contribution in [2.24, 2.45) is 47.3 Å². The third-order valence-electron chi connectivity index (χ3n) is 3.01. The molecule has 77 heavy (non-hydrogen) atoms. The van der Waals surface area contributed by atoms with Crippen molar-refractivity contribution < 1.29 is 17.9 Å². The van der Waals surface area contributed by atoms with Gasteiger partial charge in [0.25, 0.3) is 10.4 Å². The Hall–Kier alpha value is -5.99. The lowest BCUT2D eigenvalue weighted by atomic mass is 10.3. The molecule has 8 heterocycles. The van der Waals surface area contributed by atoms with E-state index in [0.717, 1.165) is 51.3 Å². The number of hydrogen-bond donors (Lipinski definition) is 7. The quantitative estimate of drug-likeness (QED) is 0.0694. The number of rotatable bonds is 0. The van der Waals surface area contributed by atoms with Crippen molar-refractivity contribution in [3.63, 3.8) is 0 Å². The topological polar surface area (TPSA) is 317 Å². The van der Waals surface area contributed by atoms with Crippen LogP contribution in [0, 0.1) is 56.1 Å². The number of nitrogens with one attached hydrogen (secondary N) is 7. The van der Waals surface area contributed by atoms with Crippen molar-refractivity contribution in [2.45, 2.75) is 166 Å². The van der Waals surface area contributed by atoms with Crippen LogP contribution in [-0.4, -0.2) is 76.0 Å². The number of aromatic nitrogens is 15. The minimum absolute atomic E-state index is 0.199. The highest BCUT2D eigenvalue weighted by Gasteiger charge is 1.76. The monoisotopic (exact) mass is 1160 g/mol. The molecule has 8 aromatic rings. The van der Waals surface area contributed by atoms with E-state index in [9.17, 15) is 14.4 Å². The van der Waals surface area contributed by atoms with E-state index in [-0.39, 0.29) is 11.2 Å². The molecule has 7 N–H and O–H groups in total. The highest BCUT2D eigenvalue weighted by molar-refractivity contribution is 7.73. The molecule has 0 bridgehead atoms. The summed E-state index contributed by atoms with van der Waals surface area (Å²) in [4.78, 5) is 45.2. The lowest BCUT2D eigenvalue weighted by Crippen LogP contribution is -1.99. The molecule has 8 rings (SSSR count). The first-order valence-electron chi connectivity index (χ1n) is 24.9. The molecule has 0 amide bonds.